The van der Waals surface area contributed by atoms with Gasteiger partial charge in [0.2, 0.25) is 0 Å². The molecule has 2 atom stereocenters. The summed E-state index contributed by atoms with van der Waals surface area (Å²) in [6.45, 7) is 9.13. The summed E-state index contributed by atoms with van der Waals surface area (Å²) >= 11 is 1.71. The Morgan fingerprint density at radius 2 is 2.23 bits per heavy atom. The molecule has 0 spiro atoms. The molecule has 1 aromatic rings. The number of carbonyl (C=O) groups is 1. The number of hydrogen-bond donors (Lipinski definition) is 0. The van der Waals surface area contributed by atoms with Crippen molar-refractivity contribution in [3.8, 4) is 0 Å². The Bertz CT molecular complexity index is 580. The normalized spacial score (nSPS) is 27.5. The summed E-state index contributed by atoms with van der Waals surface area (Å²) in [6.07, 6.45) is 3.85. The SMILES string of the molecule is CCOC(=O)[C@@]12CCCN(Cc3nccs3)C[C@@H]1CN(CCN(C)C)C2. The van der Waals surface area contributed by atoms with Crippen LogP contribution in [0.1, 0.15) is 24.8 Å². The van der Waals surface area contributed by atoms with E-state index in [4.69, 9.17) is 4.74 Å². The first-order valence-electron chi connectivity index (χ1n) is 9.68. The van der Waals surface area contributed by atoms with Gasteiger partial charge in [-0.1, -0.05) is 0 Å². The molecule has 146 valence electrons. The first-order chi connectivity index (χ1) is 12.5. The van der Waals surface area contributed by atoms with Crippen LogP contribution in [-0.2, 0) is 16.1 Å². The third kappa shape index (κ3) is 4.44. The Hall–Kier alpha value is -1.02. The number of carbonyl (C=O) groups excluding carboxylic acids is 1. The van der Waals surface area contributed by atoms with E-state index in [0.717, 1.165) is 63.7 Å². The lowest BCUT2D eigenvalue weighted by Gasteiger charge is -2.31. The topological polar surface area (TPSA) is 48.9 Å². The largest absolute Gasteiger partial charge is 0.466 e. The minimum Gasteiger partial charge on any atom is -0.466 e. The number of rotatable bonds is 7. The molecule has 0 bridgehead atoms. The molecule has 0 amide bonds. The van der Waals surface area contributed by atoms with Gasteiger partial charge in [-0.3, -0.25) is 9.69 Å². The van der Waals surface area contributed by atoms with Crippen molar-refractivity contribution < 1.29 is 9.53 Å². The fourth-order valence-corrected chi connectivity index (χ4v) is 5.06. The van der Waals surface area contributed by atoms with Crippen LogP contribution in [0.2, 0.25) is 0 Å². The lowest BCUT2D eigenvalue weighted by Crippen LogP contribution is -2.42. The highest BCUT2D eigenvalue weighted by molar-refractivity contribution is 7.09. The Kier molecular flexibility index (Phi) is 6.66. The van der Waals surface area contributed by atoms with Gasteiger partial charge in [0.1, 0.15) is 5.01 Å². The fraction of sp³-hybridized carbons (Fsp3) is 0.789. The van der Waals surface area contributed by atoms with Gasteiger partial charge in [0.15, 0.2) is 0 Å². The average Bonchev–Trinajstić information content (AvgIpc) is 3.18. The number of ether oxygens (including phenoxy) is 1. The quantitative estimate of drug-likeness (QED) is 0.672. The number of likely N-dealkylation sites (N-methyl/N-ethyl adjacent to an activating group) is 1. The molecule has 6 nitrogen and oxygen atoms in total. The van der Waals surface area contributed by atoms with Gasteiger partial charge in [-0.2, -0.15) is 0 Å². The van der Waals surface area contributed by atoms with E-state index in [0.29, 0.717) is 12.5 Å². The van der Waals surface area contributed by atoms with Gasteiger partial charge in [0.05, 0.1) is 18.6 Å². The van der Waals surface area contributed by atoms with Crippen LogP contribution < -0.4 is 0 Å². The summed E-state index contributed by atoms with van der Waals surface area (Å²) in [7, 11) is 4.20. The van der Waals surface area contributed by atoms with Crippen LogP contribution in [0.15, 0.2) is 11.6 Å². The highest BCUT2D eigenvalue weighted by Gasteiger charge is 2.53. The van der Waals surface area contributed by atoms with E-state index < -0.39 is 0 Å². The molecule has 1 aromatic heterocycles. The number of hydrogen-bond acceptors (Lipinski definition) is 7. The van der Waals surface area contributed by atoms with E-state index >= 15 is 0 Å². The molecule has 0 aromatic carbocycles. The smallest absolute Gasteiger partial charge is 0.313 e. The zero-order chi connectivity index (χ0) is 18.6. The summed E-state index contributed by atoms with van der Waals surface area (Å²) in [5.74, 6) is 0.361. The van der Waals surface area contributed by atoms with E-state index in [1.165, 1.54) is 0 Å². The zero-order valence-electron chi connectivity index (χ0n) is 16.3. The maximum absolute atomic E-state index is 13.0. The summed E-state index contributed by atoms with van der Waals surface area (Å²) in [4.78, 5) is 24.6. The second kappa shape index (κ2) is 8.78. The lowest BCUT2D eigenvalue weighted by molar-refractivity contribution is -0.157. The molecule has 26 heavy (non-hydrogen) atoms. The minimum absolute atomic E-state index is 0.0217. The van der Waals surface area contributed by atoms with Crippen LogP contribution in [-0.4, -0.2) is 85.6 Å². The number of nitrogens with zero attached hydrogens (tertiary/aromatic N) is 4. The summed E-state index contributed by atoms with van der Waals surface area (Å²) < 4.78 is 5.55. The molecule has 2 saturated heterocycles. The molecule has 0 radical (unpaired) electrons. The summed E-state index contributed by atoms with van der Waals surface area (Å²) in [5, 5.41) is 3.20. The van der Waals surface area contributed by atoms with Crippen molar-refractivity contribution in [3.05, 3.63) is 16.6 Å². The first-order valence-corrected chi connectivity index (χ1v) is 10.6. The molecule has 2 aliphatic heterocycles. The van der Waals surface area contributed by atoms with Gasteiger partial charge < -0.3 is 14.5 Å². The molecule has 7 heteroatoms. The third-order valence-electron chi connectivity index (χ3n) is 5.73. The van der Waals surface area contributed by atoms with Crippen molar-refractivity contribution in [2.45, 2.75) is 26.3 Å². The predicted molar refractivity (Wildman–Crippen MR) is 104 cm³/mol. The van der Waals surface area contributed by atoms with Crippen LogP contribution in [0.25, 0.3) is 0 Å². The monoisotopic (exact) mass is 380 g/mol. The van der Waals surface area contributed by atoms with Crippen molar-refractivity contribution in [2.24, 2.45) is 11.3 Å². The van der Waals surface area contributed by atoms with Gasteiger partial charge in [0, 0.05) is 50.2 Å². The van der Waals surface area contributed by atoms with Crippen molar-refractivity contribution in [1.29, 1.82) is 0 Å². The number of fused-ring (bicyclic) bond motifs is 1. The van der Waals surface area contributed by atoms with Gasteiger partial charge in [-0.25, -0.2) is 4.98 Å². The van der Waals surface area contributed by atoms with Gasteiger partial charge in [-0.05, 0) is 40.4 Å². The molecule has 2 fully saturated rings. The van der Waals surface area contributed by atoms with E-state index in [2.05, 4.69) is 33.8 Å². The highest BCUT2D eigenvalue weighted by atomic mass is 32.1. The van der Waals surface area contributed by atoms with Crippen LogP contribution in [0.5, 0.6) is 0 Å². The van der Waals surface area contributed by atoms with Crippen LogP contribution in [0, 0.1) is 11.3 Å². The standard InChI is InChI=1S/C19H32N4O2S/c1-4-25-18(24)19-6-5-8-22(14-17-20-7-11-26-17)12-16(19)13-23(15-19)10-9-21(2)3/h7,11,16H,4-6,8-10,12-15H2,1-3H3/t16-,19-/m1/s1. The molecule has 0 unspecified atom stereocenters. The molecule has 0 N–H and O–H groups in total. The Labute approximate surface area is 161 Å². The summed E-state index contributed by atoms with van der Waals surface area (Å²) in [6, 6.07) is 0. The first kappa shape index (κ1) is 19.7. The second-order valence-corrected chi connectivity index (χ2v) is 8.86. The highest BCUT2D eigenvalue weighted by Crippen LogP contribution is 2.43. The Morgan fingerprint density at radius 1 is 1.42 bits per heavy atom. The Balaban J connectivity index is 1.73. The molecule has 3 heterocycles. The van der Waals surface area contributed by atoms with Gasteiger partial charge >= 0.3 is 5.97 Å². The molecule has 2 aliphatic rings. The molecule has 0 aliphatic carbocycles. The molecular weight excluding hydrogens is 348 g/mol. The maximum atomic E-state index is 13.0. The lowest BCUT2D eigenvalue weighted by atomic mass is 9.75. The van der Waals surface area contributed by atoms with E-state index in [9.17, 15) is 4.79 Å². The van der Waals surface area contributed by atoms with Crippen LogP contribution in [0.3, 0.4) is 0 Å². The van der Waals surface area contributed by atoms with Crippen molar-refractivity contribution >= 4 is 17.3 Å². The van der Waals surface area contributed by atoms with Gasteiger partial charge in [-0.15, -0.1) is 11.3 Å². The van der Waals surface area contributed by atoms with Crippen LogP contribution >= 0.6 is 11.3 Å². The summed E-state index contributed by atoms with van der Waals surface area (Å²) in [5.41, 5.74) is -0.333. The zero-order valence-corrected chi connectivity index (χ0v) is 17.1. The molecule has 3 rings (SSSR count). The second-order valence-electron chi connectivity index (χ2n) is 7.88. The van der Waals surface area contributed by atoms with Gasteiger partial charge in [0.25, 0.3) is 0 Å². The van der Waals surface area contributed by atoms with Crippen molar-refractivity contribution in [1.82, 2.24) is 19.7 Å². The molecular formula is C19H32N4O2S. The fourth-order valence-electron chi connectivity index (χ4n) is 4.40. The van der Waals surface area contributed by atoms with Crippen molar-refractivity contribution in [3.63, 3.8) is 0 Å². The number of likely N-dealkylation sites (tertiary alicyclic amines) is 2. The van der Waals surface area contributed by atoms with E-state index in [1.54, 1.807) is 11.3 Å². The third-order valence-corrected chi connectivity index (χ3v) is 6.49. The van der Waals surface area contributed by atoms with E-state index in [-0.39, 0.29) is 11.4 Å². The van der Waals surface area contributed by atoms with Crippen molar-refractivity contribution in [2.75, 3.05) is 60.0 Å². The average molecular weight is 381 g/mol. The predicted octanol–water partition coefficient (Wildman–Crippen LogP) is 1.78. The van der Waals surface area contributed by atoms with Crippen LogP contribution in [0.4, 0.5) is 0 Å². The van der Waals surface area contributed by atoms with E-state index in [1.807, 2.05) is 18.5 Å². The number of thiazole rings is 1. The minimum atomic E-state index is -0.333. The number of aromatic nitrogens is 1. The Morgan fingerprint density at radius 3 is 2.92 bits per heavy atom. The number of esters is 1. The molecule has 0 saturated carbocycles. The maximum Gasteiger partial charge on any atom is 0.313 e.